The zero-order valence-corrected chi connectivity index (χ0v) is 17.8. The average molecular weight is 418 g/mol. The van der Waals surface area contributed by atoms with E-state index in [-0.39, 0.29) is 6.42 Å². The fourth-order valence-electron chi connectivity index (χ4n) is 3.88. The molecule has 31 heavy (non-hydrogen) atoms. The third-order valence-electron chi connectivity index (χ3n) is 5.53. The van der Waals surface area contributed by atoms with Crippen molar-refractivity contribution in [3.63, 3.8) is 0 Å². The van der Waals surface area contributed by atoms with Crippen molar-refractivity contribution in [2.45, 2.75) is 39.5 Å². The van der Waals surface area contributed by atoms with Crippen LogP contribution in [0.15, 0.2) is 53.0 Å². The lowest BCUT2D eigenvalue weighted by molar-refractivity contribution is -0.128. The van der Waals surface area contributed by atoms with Crippen molar-refractivity contribution in [2.75, 3.05) is 6.61 Å². The number of carbonyl (C=O) groups is 1. The third-order valence-corrected chi connectivity index (χ3v) is 5.53. The number of aromatic nitrogens is 1. The highest BCUT2D eigenvalue weighted by atomic mass is 16.5. The summed E-state index contributed by atoms with van der Waals surface area (Å²) in [5, 5.41) is 8.84. The molecule has 0 saturated heterocycles. The molecule has 2 N–H and O–H groups in total. The van der Waals surface area contributed by atoms with E-state index in [9.17, 15) is 4.79 Å². The van der Waals surface area contributed by atoms with Crippen LogP contribution in [0, 0.1) is 13.8 Å². The fraction of sp³-hybridized carbons (Fsp3) is 0.280. The van der Waals surface area contributed by atoms with E-state index in [2.05, 4.69) is 11.9 Å². The van der Waals surface area contributed by atoms with Crippen LogP contribution in [-0.4, -0.2) is 22.7 Å². The van der Waals surface area contributed by atoms with Crippen LogP contribution in [0.2, 0.25) is 0 Å². The molecule has 0 aliphatic heterocycles. The molecule has 1 heterocycles. The number of benzene rings is 2. The standard InChI is InChI=1S/C25H26N2O4/c1-16-9-11-18(12-10-16)25-26-22(17(2)31-25)13-14-30-23-8-4-6-20-19(15-24(28)27-29)5-3-7-21(20)23/h4-6,8-12,29H,3,7,13-15H2,1-2H3,(H,27,28). The summed E-state index contributed by atoms with van der Waals surface area (Å²) in [6.07, 6.45) is 4.53. The minimum absolute atomic E-state index is 0.146. The molecule has 1 amide bonds. The van der Waals surface area contributed by atoms with Crippen LogP contribution in [0.1, 0.15) is 41.0 Å². The predicted octanol–water partition coefficient (Wildman–Crippen LogP) is 4.81. The average Bonchev–Trinajstić information content (AvgIpc) is 3.15. The molecule has 4 rings (SSSR count). The van der Waals surface area contributed by atoms with E-state index in [1.165, 1.54) is 5.56 Å². The molecule has 0 atom stereocenters. The number of amides is 1. The van der Waals surface area contributed by atoms with Gasteiger partial charge in [-0.3, -0.25) is 10.0 Å². The summed E-state index contributed by atoms with van der Waals surface area (Å²) in [4.78, 5) is 16.3. The summed E-state index contributed by atoms with van der Waals surface area (Å²) < 4.78 is 12.0. The normalized spacial score (nSPS) is 12.8. The van der Waals surface area contributed by atoms with Gasteiger partial charge >= 0.3 is 0 Å². The molecule has 1 aliphatic rings. The number of hydroxylamine groups is 1. The third kappa shape index (κ3) is 4.70. The lowest BCUT2D eigenvalue weighted by Crippen LogP contribution is -2.19. The number of oxazole rings is 1. The van der Waals surface area contributed by atoms with E-state index in [1.807, 2.05) is 55.5 Å². The maximum Gasteiger partial charge on any atom is 0.247 e. The van der Waals surface area contributed by atoms with Gasteiger partial charge in [0, 0.05) is 17.5 Å². The Morgan fingerprint density at radius 3 is 2.77 bits per heavy atom. The molecule has 0 spiro atoms. The Bertz CT molecular complexity index is 1110. The van der Waals surface area contributed by atoms with Gasteiger partial charge in [0.2, 0.25) is 11.8 Å². The van der Waals surface area contributed by atoms with E-state index < -0.39 is 5.91 Å². The van der Waals surface area contributed by atoms with Crippen LogP contribution in [0.3, 0.4) is 0 Å². The largest absolute Gasteiger partial charge is 0.493 e. The van der Waals surface area contributed by atoms with Crippen molar-refractivity contribution in [1.82, 2.24) is 10.5 Å². The zero-order valence-electron chi connectivity index (χ0n) is 17.8. The van der Waals surface area contributed by atoms with Crippen molar-refractivity contribution in [2.24, 2.45) is 0 Å². The molecule has 3 aromatic rings. The van der Waals surface area contributed by atoms with Crippen molar-refractivity contribution in [1.29, 1.82) is 0 Å². The highest BCUT2D eigenvalue weighted by molar-refractivity contribution is 5.89. The molecule has 0 radical (unpaired) electrons. The molecule has 1 aromatic heterocycles. The van der Waals surface area contributed by atoms with Gasteiger partial charge in [0.25, 0.3) is 0 Å². The maximum atomic E-state index is 11.6. The summed E-state index contributed by atoms with van der Waals surface area (Å²) in [5.41, 5.74) is 7.77. The van der Waals surface area contributed by atoms with Crippen molar-refractivity contribution in [3.8, 4) is 17.2 Å². The van der Waals surface area contributed by atoms with Crippen molar-refractivity contribution < 1.29 is 19.2 Å². The summed E-state index contributed by atoms with van der Waals surface area (Å²) in [6, 6.07) is 14.0. The number of nitrogens with zero attached hydrogens (tertiary/aromatic N) is 1. The van der Waals surface area contributed by atoms with Gasteiger partial charge in [-0.2, -0.15) is 0 Å². The number of fused-ring (bicyclic) bond motifs is 1. The number of rotatable bonds is 7. The van der Waals surface area contributed by atoms with Crippen LogP contribution in [0.5, 0.6) is 5.75 Å². The Hall–Kier alpha value is -3.38. The van der Waals surface area contributed by atoms with Gasteiger partial charge in [-0.1, -0.05) is 35.9 Å². The van der Waals surface area contributed by atoms with Gasteiger partial charge in [0.1, 0.15) is 11.5 Å². The topological polar surface area (TPSA) is 84.6 Å². The molecule has 160 valence electrons. The molecule has 2 aromatic carbocycles. The Morgan fingerprint density at radius 1 is 1.19 bits per heavy atom. The SMILES string of the molecule is Cc1ccc(-c2nc(CCOc3cccc4c3CCC=C4CC(=O)NO)c(C)o2)cc1. The number of aryl methyl sites for hydroxylation is 2. The molecular weight excluding hydrogens is 392 g/mol. The number of hydrogen-bond donors (Lipinski definition) is 2. The summed E-state index contributed by atoms with van der Waals surface area (Å²) in [7, 11) is 0. The summed E-state index contributed by atoms with van der Waals surface area (Å²) >= 11 is 0. The molecule has 0 unspecified atom stereocenters. The molecule has 0 saturated carbocycles. The Kier molecular flexibility index (Phi) is 6.18. The van der Waals surface area contributed by atoms with Gasteiger partial charge in [0.05, 0.1) is 18.7 Å². The minimum atomic E-state index is -0.420. The van der Waals surface area contributed by atoms with Crippen molar-refractivity contribution >= 4 is 11.5 Å². The first-order valence-corrected chi connectivity index (χ1v) is 10.5. The zero-order chi connectivity index (χ0) is 21.8. The molecular formula is C25H26N2O4. The van der Waals surface area contributed by atoms with Crippen LogP contribution in [0.4, 0.5) is 0 Å². The summed E-state index contributed by atoms with van der Waals surface area (Å²) in [6.45, 7) is 4.46. The Labute approximate surface area is 181 Å². The van der Waals surface area contributed by atoms with E-state index in [4.69, 9.17) is 14.4 Å². The molecule has 0 fully saturated rings. The van der Waals surface area contributed by atoms with Gasteiger partial charge in [-0.05, 0) is 56.0 Å². The van der Waals surface area contributed by atoms with E-state index in [0.717, 1.165) is 52.3 Å². The highest BCUT2D eigenvalue weighted by Crippen LogP contribution is 2.34. The molecule has 0 bridgehead atoms. The van der Waals surface area contributed by atoms with Crippen molar-refractivity contribution in [3.05, 3.63) is 76.7 Å². The van der Waals surface area contributed by atoms with Crippen LogP contribution in [0.25, 0.3) is 17.0 Å². The van der Waals surface area contributed by atoms with Crippen LogP contribution < -0.4 is 10.2 Å². The second-order valence-corrected chi connectivity index (χ2v) is 7.75. The van der Waals surface area contributed by atoms with Crippen LogP contribution >= 0.6 is 0 Å². The number of ether oxygens (including phenoxy) is 1. The first kappa shape index (κ1) is 20.9. The molecule has 6 nitrogen and oxygen atoms in total. The number of nitrogens with one attached hydrogen (secondary N) is 1. The maximum absolute atomic E-state index is 11.6. The van der Waals surface area contributed by atoms with E-state index >= 15 is 0 Å². The van der Waals surface area contributed by atoms with Gasteiger partial charge < -0.3 is 9.15 Å². The first-order valence-electron chi connectivity index (χ1n) is 10.5. The lowest BCUT2D eigenvalue weighted by atomic mass is 9.88. The lowest BCUT2D eigenvalue weighted by Gasteiger charge is -2.20. The smallest absolute Gasteiger partial charge is 0.247 e. The Balaban J connectivity index is 1.44. The minimum Gasteiger partial charge on any atom is -0.493 e. The Morgan fingerprint density at radius 2 is 2.00 bits per heavy atom. The van der Waals surface area contributed by atoms with Gasteiger partial charge in [-0.15, -0.1) is 0 Å². The second-order valence-electron chi connectivity index (χ2n) is 7.75. The quantitative estimate of drug-likeness (QED) is 0.425. The molecule has 6 heteroatoms. The van der Waals surface area contributed by atoms with E-state index in [1.54, 1.807) is 5.48 Å². The summed E-state index contributed by atoms with van der Waals surface area (Å²) in [5.74, 6) is 1.83. The number of allylic oxidation sites excluding steroid dienone is 1. The van der Waals surface area contributed by atoms with Gasteiger partial charge in [-0.25, -0.2) is 10.5 Å². The van der Waals surface area contributed by atoms with Gasteiger partial charge in [0.15, 0.2) is 0 Å². The number of carbonyl (C=O) groups excluding carboxylic acids is 1. The van der Waals surface area contributed by atoms with Crippen LogP contribution in [-0.2, 0) is 17.6 Å². The first-order chi connectivity index (χ1) is 15.0. The second kappa shape index (κ2) is 9.18. The predicted molar refractivity (Wildman–Crippen MR) is 118 cm³/mol. The van der Waals surface area contributed by atoms with E-state index in [0.29, 0.717) is 18.9 Å². The fourth-order valence-corrected chi connectivity index (χ4v) is 3.88. The number of hydrogen-bond acceptors (Lipinski definition) is 5. The molecule has 1 aliphatic carbocycles. The highest BCUT2D eigenvalue weighted by Gasteiger charge is 2.19. The monoisotopic (exact) mass is 418 g/mol.